The molecule has 1 aromatic carbocycles. The van der Waals surface area contributed by atoms with Gasteiger partial charge in [0.25, 0.3) is 0 Å². The highest BCUT2D eigenvalue weighted by Crippen LogP contribution is 2.43. The number of nitrogens with one attached hydrogen (secondary N) is 1. The molecule has 3 heterocycles. The summed E-state index contributed by atoms with van der Waals surface area (Å²) in [6.07, 6.45) is 0.701. The average molecular weight is 339 g/mol. The Morgan fingerprint density at radius 1 is 1.36 bits per heavy atom. The van der Waals surface area contributed by atoms with Crippen LogP contribution in [0.5, 0.6) is 5.75 Å². The Labute approximate surface area is 145 Å². The van der Waals surface area contributed by atoms with Crippen LogP contribution in [0, 0.1) is 0 Å². The molecule has 0 spiro atoms. The zero-order valence-electron chi connectivity index (χ0n) is 14.4. The van der Waals surface area contributed by atoms with Crippen LogP contribution in [0.4, 0.5) is 5.82 Å². The second-order valence-corrected chi connectivity index (χ2v) is 6.48. The van der Waals surface area contributed by atoms with Crippen LogP contribution in [-0.2, 0) is 6.54 Å². The van der Waals surface area contributed by atoms with Crippen molar-refractivity contribution in [2.75, 3.05) is 12.8 Å². The highest BCUT2D eigenvalue weighted by molar-refractivity contribution is 6.03. The van der Waals surface area contributed by atoms with Crippen molar-refractivity contribution in [3.63, 3.8) is 0 Å². The first-order valence-electron chi connectivity index (χ1n) is 8.26. The number of aliphatic hydroxyl groups is 1. The number of anilines is 1. The lowest BCUT2D eigenvalue weighted by atomic mass is 9.97. The smallest absolute Gasteiger partial charge is 0.146 e. The highest BCUT2D eigenvalue weighted by atomic mass is 16.5. The molecule has 0 amide bonds. The topological polar surface area (TPSA) is 98.2 Å². The Kier molecular flexibility index (Phi) is 3.63. The Morgan fingerprint density at radius 2 is 2.16 bits per heavy atom. The minimum Gasteiger partial charge on any atom is -0.497 e. The van der Waals surface area contributed by atoms with Gasteiger partial charge < -0.3 is 20.1 Å². The van der Waals surface area contributed by atoms with E-state index in [-0.39, 0.29) is 6.04 Å². The van der Waals surface area contributed by atoms with Crippen molar-refractivity contribution in [2.24, 2.45) is 0 Å². The van der Waals surface area contributed by atoms with E-state index in [1.54, 1.807) is 7.11 Å². The van der Waals surface area contributed by atoms with Gasteiger partial charge in [0.05, 0.1) is 12.5 Å². The Bertz CT molecular complexity index is 964. The van der Waals surface area contributed by atoms with Gasteiger partial charge in [0, 0.05) is 29.4 Å². The number of fused-ring (bicyclic) bond motifs is 5. The number of rotatable bonds is 2. The van der Waals surface area contributed by atoms with E-state index in [9.17, 15) is 5.11 Å². The van der Waals surface area contributed by atoms with Crippen molar-refractivity contribution in [2.45, 2.75) is 32.7 Å². The van der Waals surface area contributed by atoms with Gasteiger partial charge in [0.1, 0.15) is 29.8 Å². The summed E-state index contributed by atoms with van der Waals surface area (Å²) in [5.41, 5.74) is 10.7. The average Bonchev–Trinajstić information content (AvgIpc) is 2.87. The van der Waals surface area contributed by atoms with Crippen LogP contribution in [-0.4, -0.2) is 26.8 Å². The summed E-state index contributed by atoms with van der Waals surface area (Å²) in [5.74, 6) is 1.14. The molecule has 3 aromatic rings. The summed E-state index contributed by atoms with van der Waals surface area (Å²) < 4.78 is 7.47. The third-order valence-corrected chi connectivity index (χ3v) is 4.72. The lowest BCUT2D eigenvalue weighted by Gasteiger charge is -2.16. The van der Waals surface area contributed by atoms with Gasteiger partial charge in [0.2, 0.25) is 0 Å². The first-order chi connectivity index (χ1) is 12.0. The lowest BCUT2D eigenvalue weighted by molar-refractivity contribution is 0.137. The first kappa shape index (κ1) is 15.9. The number of hydrogen-bond acceptors (Lipinski definition) is 6. The van der Waals surface area contributed by atoms with E-state index < -0.39 is 6.23 Å². The van der Waals surface area contributed by atoms with Crippen molar-refractivity contribution < 1.29 is 9.84 Å². The maximum atomic E-state index is 10.6. The molecular weight excluding hydrogens is 318 g/mol. The molecule has 1 aliphatic rings. The summed E-state index contributed by atoms with van der Waals surface area (Å²) >= 11 is 0. The number of nitrogens with two attached hydrogens (primary N) is 1. The van der Waals surface area contributed by atoms with Gasteiger partial charge in [-0.25, -0.2) is 9.97 Å². The summed E-state index contributed by atoms with van der Waals surface area (Å²) in [6.45, 7) is 4.71. The van der Waals surface area contributed by atoms with Crippen LogP contribution in [0.1, 0.15) is 37.4 Å². The van der Waals surface area contributed by atoms with E-state index in [1.165, 1.54) is 6.33 Å². The monoisotopic (exact) mass is 339 g/mol. The third-order valence-electron chi connectivity index (χ3n) is 4.72. The predicted molar refractivity (Wildman–Crippen MR) is 96.1 cm³/mol. The van der Waals surface area contributed by atoms with Crippen molar-refractivity contribution >= 4 is 16.9 Å². The van der Waals surface area contributed by atoms with Crippen LogP contribution >= 0.6 is 0 Å². The summed E-state index contributed by atoms with van der Waals surface area (Å²) in [4.78, 5) is 8.67. The third kappa shape index (κ3) is 2.27. The Morgan fingerprint density at radius 3 is 2.88 bits per heavy atom. The van der Waals surface area contributed by atoms with E-state index in [0.29, 0.717) is 18.1 Å². The highest BCUT2D eigenvalue weighted by Gasteiger charge is 2.29. The fraction of sp³-hybridized carbons (Fsp3) is 0.333. The fourth-order valence-electron chi connectivity index (χ4n) is 3.65. The summed E-state index contributed by atoms with van der Waals surface area (Å²) in [7, 11) is 1.61. The van der Waals surface area contributed by atoms with Crippen molar-refractivity contribution in [3.8, 4) is 16.9 Å². The molecule has 1 unspecified atom stereocenters. The second-order valence-electron chi connectivity index (χ2n) is 6.48. The van der Waals surface area contributed by atoms with Gasteiger partial charge >= 0.3 is 0 Å². The molecule has 130 valence electrons. The van der Waals surface area contributed by atoms with E-state index in [4.69, 9.17) is 10.5 Å². The molecule has 0 fully saturated rings. The molecule has 1 atom stereocenters. The zero-order chi connectivity index (χ0) is 17.7. The van der Waals surface area contributed by atoms with Crippen molar-refractivity contribution in [1.82, 2.24) is 19.9 Å². The lowest BCUT2D eigenvalue weighted by Crippen LogP contribution is -2.21. The number of benzene rings is 1. The molecular formula is C18H21N5O2. The number of methoxy groups -OCH3 is 1. The van der Waals surface area contributed by atoms with E-state index >= 15 is 0 Å². The number of aromatic nitrogens is 3. The molecule has 0 bridgehead atoms. The molecule has 7 heteroatoms. The Balaban J connectivity index is 2.14. The van der Waals surface area contributed by atoms with Crippen LogP contribution in [0.25, 0.3) is 22.2 Å². The van der Waals surface area contributed by atoms with E-state index in [0.717, 1.165) is 33.4 Å². The van der Waals surface area contributed by atoms with Gasteiger partial charge in [-0.2, -0.15) is 0 Å². The molecule has 2 aromatic heterocycles. The number of aliphatic hydroxyl groups excluding tert-OH is 1. The van der Waals surface area contributed by atoms with Gasteiger partial charge in [-0.15, -0.1) is 0 Å². The zero-order valence-corrected chi connectivity index (χ0v) is 14.4. The summed E-state index contributed by atoms with van der Waals surface area (Å²) in [5, 5.41) is 14.6. The van der Waals surface area contributed by atoms with Crippen molar-refractivity contribution in [3.05, 3.63) is 35.8 Å². The molecule has 0 saturated carbocycles. The Hall–Kier alpha value is -2.64. The largest absolute Gasteiger partial charge is 0.497 e. The molecule has 0 saturated heterocycles. The quantitative estimate of drug-likeness (QED) is 0.663. The predicted octanol–water partition coefficient (Wildman–Crippen LogP) is 2.36. The van der Waals surface area contributed by atoms with E-state index in [2.05, 4.69) is 33.7 Å². The van der Waals surface area contributed by atoms with Gasteiger partial charge in [-0.1, -0.05) is 6.07 Å². The number of hydrogen-bond donors (Lipinski definition) is 3. The molecule has 4 rings (SSSR count). The molecule has 25 heavy (non-hydrogen) atoms. The normalized spacial score (nSPS) is 16.6. The maximum absolute atomic E-state index is 10.6. The molecule has 0 aliphatic carbocycles. The van der Waals surface area contributed by atoms with E-state index in [1.807, 2.05) is 18.2 Å². The van der Waals surface area contributed by atoms with Gasteiger partial charge in [-0.05, 0) is 31.5 Å². The molecule has 1 aliphatic heterocycles. The van der Waals surface area contributed by atoms with Crippen LogP contribution in [0.15, 0.2) is 24.5 Å². The first-order valence-corrected chi connectivity index (χ1v) is 8.26. The summed E-state index contributed by atoms with van der Waals surface area (Å²) in [6, 6.07) is 5.89. The SMILES string of the molecule is COc1ccc2c(c1)C(O)NCc1c-2c2c(N)ncnc2n1C(C)C. The van der Waals surface area contributed by atoms with Crippen LogP contribution in [0.3, 0.4) is 0 Å². The molecule has 7 nitrogen and oxygen atoms in total. The second kappa shape index (κ2) is 5.72. The van der Waals surface area contributed by atoms with Crippen LogP contribution < -0.4 is 15.8 Å². The minimum atomic E-state index is -0.793. The van der Waals surface area contributed by atoms with Gasteiger partial charge in [0.15, 0.2) is 0 Å². The van der Waals surface area contributed by atoms with Crippen molar-refractivity contribution in [1.29, 1.82) is 0 Å². The minimum absolute atomic E-state index is 0.194. The molecule has 4 N–H and O–H groups in total. The number of nitrogen functional groups attached to an aromatic ring is 1. The maximum Gasteiger partial charge on any atom is 0.146 e. The number of ether oxygens (including phenoxy) is 1. The van der Waals surface area contributed by atoms with Crippen LogP contribution in [0.2, 0.25) is 0 Å². The van der Waals surface area contributed by atoms with Gasteiger partial charge in [-0.3, -0.25) is 5.32 Å². The molecule has 0 radical (unpaired) electrons. The standard InChI is InChI=1S/C18H21N5O2/c1-9(2)23-13-7-20-18(24)12-6-10(25-3)4-5-11(12)14(13)15-16(19)21-8-22-17(15)23/h4-6,8-9,18,20,24H,7H2,1-3H3,(H2,19,21,22). The number of nitrogens with zero attached hydrogens (tertiary/aromatic N) is 3. The fourth-order valence-corrected chi connectivity index (χ4v) is 3.65.